The Labute approximate surface area is 130 Å². The van der Waals surface area contributed by atoms with E-state index in [2.05, 4.69) is 0 Å². The second kappa shape index (κ2) is 6.10. The first-order valence-corrected chi connectivity index (χ1v) is 7.44. The number of hydrogen-bond donors (Lipinski definition) is 1. The van der Waals surface area contributed by atoms with E-state index in [0.717, 1.165) is 17.7 Å². The van der Waals surface area contributed by atoms with Crippen LogP contribution in [-0.2, 0) is 0 Å². The van der Waals surface area contributed by atoms with Crippen LogP contribution in [0.3, 0.4) is 0 Å². The van der Waals surface area contributed by atoms with E-state index in [1.165, 1.54) is 6.07 Å². The molecule has 0 radical (unpaired) electrons. The Bertz CT molecular complexity index is 669. The number of nitrogens with zero attached hydrogens (tertiary/aromatic N) is 1. The molecule has 0 bridgehead atoms. The van der Waals surface area contributed by atoms with Gasteiger partial charge in [0.05, 0.1) is 6.54 Å². The maximum Gasteiger partial charge on any atom is 0.254 e. The number of carbonyl (C=O) groups is 1. The van der Waals surface area contributed by atoms with Crippen molar-refractivity contribution in [2.75, 3.05) is 13.1 Å². The molecular weight excluding hydrogens is 278 g/mol. The Kier molecular flexibility index (Phi) is 4.00. The van der Waals surface area contributed by atoms with Crippen LogP contribution in [0.25, 0.3) is 0 Å². The molecule has 1 saturated heterocycles. The van der Waals surface area contributed by atoms with Crippen molar-refractivity contribution < 1.29 is 14.6 Å². The van der Waals surface area contributed by atoms with Gasteiger partial charge in [0.25, 0.3) is 5.91 Å². The van der Waals surface area contributed by atoms with Crippen LogP contribution in [0, 0.1) is 6.92 Å². The third-order valence-electron chi connectivity index (χ3n) is 3.93. The van der Waals surface area contributed by atoms with Gasteiger partial charge in [0.15, 0.2) is 0 Å². The van der Waals surface area contributed by atoms with E-state index < -0.39 is 0 Å². The van der Waals surface area contributed by atoms with Gasteiger partial charge in [0.1, 0.15) is 17.6 Å². The summed E-state index contributed by atoms with van der Waals surface area (Å²) in [5.74, 6) is 0.923. The highest BCUT2D eigenvalue weighted by molar-refractivity contribution is 5.95. The standard InChI is InChI=1S/C18H19NO3/c1-13-7-8-14(11-17(13)20)18(21)19-10-9-16(12-19)22-15-5-3-2-4-6-15/h2-8,11,16,20H,9-10,12H2,1H3/t16-/m0/s1. The predicted octanol–water partition coefficient (Wildman–Crippen LogP) is 2.99. The van der Waals surface area contributed by atoms with Crippen molar-refractivity contribution in [2.24, 2.45) is 0 Å². The second-order valence-corrected chi connectivity index (χ2v) is 5.59. The Morgan fingerprint density at radius 2 is 2.00 bits per heavy atom. The number of rotatable bonds is 3. The zero-order valence-corrected chi connectivity index (χ0v) is 12.5. The number of phenols is 1. The third kappa shape index (κ3) is 3.06. The molecule has 1 fully saturated rings. The van der Waals surface area contributed by atoms with Gasteiger partial charge < -0.3 is 14.7 Å². The number of para-hydroxylation sites is 1. The van der Waals surface area contributed by atoms with Gasteiger partial charge in [-0.1, -0.05) is 24.3 Å². The fourth-order valence-corrected chi connectivity index (χ4v) is 2.63. The molecular formula is C18H19NO3. The summed E-state index contributed by atoms with van der Waals surface area (Å²) >= 11 is 0. The number of phenolic OH excluding ortho intramolecular Hbond substituents is 1. The van der Waals surface area contributed by atoms with Crippen molar-refractivity contribution in [3.8, 4) is 11.5 Å². The molecule has 0 saturated carbocycles. The zero-order chi connectivity index (χ0) is 15.5. The molecule has 2 aromatic carbocycles. The maximum absolute atomic E-state index is 12.5. The van der Waals surface area contributed by atoms with Crippen LogP contribution in [0.4, 0.5) is 0 Å². The number of amides is 1. The van der Waals surface area contributed by atoms with Gasteiger partial charge in [0, 0.05) is 18.5 Å². The highest BCUT2D eigenvalue weighted by atomic mass is 16.5. The first-order chi connectivity index (χ1) is 10.6. The van der Waals surface area contributed by atoms with E-state index in [1.807, 2.05) is 37.3 Å². The largest absolute Gasteiger partial charge is 0.508 e. The van der Waals surface area contributed by atoms with E-state index in [1.54, 1.807) is 17.0 Å². The van der Waals surface area contributed by atoms with E-state index in [0.29, 0.717) is 18.7 Å². The van der Waals surface area contributed by atoms with Gasteiger partial charge in [-0.15, -0.1) is 0 Å². The summed E-state index contributed by atoms with van der Waals surface area (Å²) in [7, 11) is 0. The van der Waals surface area contributed by atoms with E-state index in [4.69, 9.17) is 4.74 Å². The Morgan fingerprint density at radius 3 is 2.73 bits per heavy atom. The third-order valence-corrected chi connectivity index (χ3v) is 3.93. The SMILES string of the molecule is Cc1ccc(C(=O)N2CC[C@H](Oc3ccccc3)C2)cc1O. The van der Waals surface area contributed by atoms with Crippen LogP contribution in [0.15, 0.2) is 48.5 Å². The summed E-state index contributed by atoms with van der Waals surface area (Å²) in [6.45, 7) is 3.05. The Balaban J connectivity index is 1.64. The van der Waals surface area contributed by atoms with Crippen molar-refractivity contribution in [3.05, 3.63) is 59.7 Å². The molecule has 1 aliphatic heterocycles. The topological polar surface area (TPSA) is 49.8 Å². The van der Waals surface area contributed by atoms with Gasteiger partial charge in [-0.25, -0.2) is 0 Å². The molecule has 2 aromatic rings. The van der Waals surface area contributed by atoms with Crippen LogP contribution in [0.2, 0.25) is 0 Å². The molecule has 0 aliphatic carbocycles. The van der Waals surface area contributed by atoms with Crippen molar-refractivity contribution in [1.82, 2.24) is 4.90 Å². The summed E-state index contributed by atoms with van der Waals surface area (Å²) in [4.78, 5) is 14.2. The molecule has 3 rings (SSSR count). The maximum atomic E-state index is 12.5. The van der Waals surface area contributed by atoms with Crippen LogP contribution >= 0.6 is 0 Å². The van der Waals surface area contributed by atoms with Crippen molar-refractivity contribution in [1.29, 1.82) is 0 Å². The van der Waals surface area contributed by atoms with Crippen molar-refractivity contribution in [3.63, 3.8) is 0 Å². The van der Waals surface area contributed by atoms with Crippen molar-refractivity contribution >= 4 is 5.91 Å². The molecule has 0 spiro atoms. The number of hydrogen-bond acceptors (Lipinski definition) is 3. The number of ether oxygens (including phenoxy) is 1. The highest BCUT2D eigenvalue weighted by Gasteiger charge is 2.28. The fraction of sp³-hybridized carbons (Fsp3) is 0.278. The summed E-state index contributed by atoms with van der Waals surface area (Å²) < 4.78 is 5.89. The molecule has 4 nitrogen and oxygen atoms in total. The molecule has 0 unspecified atom stereocenters. The first-order valence-electron chi connectivity index (χ1n) is 7.44. The minimum atomic E-state index is -0.0607. The van der Waals surface area contributed by atoms with Crippen molar-refractivity contribution in [2.45, 2.75) is 19.4 Å². The van der Waals surface area contributed by atoms with E-state index in [9.17, 15) is 9.90 Å². The van der Waals surface area contributed by atoms with Crippen LogP contribution in [-0.4, -0.2) is 35.1 Å². The lowest BCUT2D eigenvalue weighted by molar-refractivity contribution is 0.0772. The summed E-state index contributed by atoms with van der Waals surface area (Å²) in [6, 6.07) is 14.7. The normalized spacial score (nSPS) is 17.5. The summed E-state index contributed by atoms with van der Waals surface area (Å²) in [5, 5.41) is 9.74. The molecule has 4 heteroatoms. The molecule has 1 aliphatic rings. The molecule has 1 heterocycles. The first kappa shape index (κ1) is 14.4. The van der Waals surface area contributed by atoms with Gasteiger partial charge in [0.2, 0.25) is 0 Å². The van der Waals surface area contributed by atoms with Gasteiger partial charge in [-0.2, -0.15) is 0 Å². The number of benzene rings is 2. The summed E-state index contributed by atoms with van der Waals surface area (Å²) in [5.41, 5.74) is 1.28. The minimum Gasteiger partial charge on any atom is -0.508 e. The Hall–Kier alpha value is -2.49. The van der Waals surface area contributed by atoms with E-state index >= 15 is 0 Å². The number of aromatic hydroxyl groups is 1. The molecule has 114 valence electrons. The molecule has 1 atom stereocenters. The quantitative estimate of drug-likeness (QED) is 0.947. The zero-order valence-electron chi connectivity index (χ0n) is 12.5. The van der Waals surface area contributed by atoms with Crippen LogP contribution in [0.5, 0.6) is 11.5 Å². The number of carbonyl (C=O) groups excluding carboxylic acids is 1. The Morgan fingerprint density at radius 1 is 1.23 bits per heavy atom. The molecule has 1 amide bonds. The lowest BCUT2D eigenvalue weighted by atomic mass is 10.1. The van der Waals surface area contributed by atoms with Gasteiger partial charge in [-0.3, -0.25) is 4.79 Å². The van der Waals surface area contributed by atoms with Gasteiger partial charge in [-0.05, 0) is 36.8 Å². The van der Waals surface area contributed by atoms with E-state index in [-0.39, 0.29) is 17.8 Å². The van der Waals surface area contributed by atoms with Gasteiger partial charge >= 0.3 is 0 Å². The fourth-order valence-electron chi connectivity index (χ4n) is 2.63. The molecule has 22 heavy (non-hydrogen) atoms. The summed E-state index contributed by atoms with van der Waals surface area (Å²) in [6.07, 6.45) is 0.837. The van der Waals surface area contributed by atoms with Crippen LogP contribution < -0.4 is 4.74 Å². The number of likely N-dealkylation sites (tertiary alicyclic amines) is 1. The molecule has 1 N–H and O–H groups in total. The predicted molar refractivity (Wildman–Crippen MR) is 84.2 cm³/mol. The number of aryl methyl sites for hydroxylation is 1. The lowest BCUT2D eigenvalue weighted by Gasteiger charge is -2.17. The van der Waals surface area contributed by atoms with Crippen LogP contribution in [0.1, 0.15) is 22.3 Å². The average Bonchev–Trinajstić information content (AvgIpc) is 2.99. The molecule has 0 aromatic heterocycles. The average molecular weight is 297 g/mol. The highest BCUT2D eigenvalue weighted by Crippen LogP contribution is 2.22. The smallest absolute Gasteiger partial charge is 0.254 e. The monoisotopic (exact) mass is 297 g/mol. The lowest BCUT2D eigenvalue weighted by Crippen LogP contribution is -2.30. The second-order valence-electron chi connectivity index (χ2n) is 5.59. The minimum absolute atomic E-state index is 0.0189.